The highest BCUT2D eigenvalue weighted by molar-refractivity contribution is 9.09. The molecule has 0 aromatic heterocycles. The maximum absolute atomic E-state index is 12.0. The standard InChI is InChI=1S/C11H14BrClN2O3S/c1-15(2)19(17,18)10-7-8(3-4-9(10)13)14-11(16)5-6-12/h3-4,7H,5-6H2,1-2H3,(H,14,16). The fourth-order valence-electron chi connectivity index (χ4n) is 1.28. The van der Waals surface area contributed by atoms with Gasteiger partial charge in [0, 0.05) is 31.5 Å². The highest BCUT2D eigenvalue weighted by Gasteiger charge is 2.21. The summed E-state index contributed by atoms with van der Waals surface area (Å²) in [6.07, 6.45) is 0.304. The van der Waals surface area contributed by atoms with Crippen LogP contribution in [0, 0.1) is 0 Å². The zero-order valence-corrected chi connectivity index (χ0v) is 13.6. The number of halogens is 2. The number of nitrogens with one attached hydrogen (secondary N) is 1. The number of hydrogen-bond acceptors (Lipinski definition) is 3. The van der Waals surface area contributed by atoms with Crippen molar-refractivity contribution in [3.05, 3.63) is 23.2 Å². The van der Waals surface area contributed by atoms with Gasteiger partial charge in [0.25, 0.3) is 0 Å². The van der Waals surface area contributed by atoms with Crippen LogP contribution in [0.3, 0.4) is 0 Å². The van der Waals surface area contributed by atoms with Gasteiger partial charge in [-0.2, -0.15) is 0 Å². The lowest BCUT2D eigenvalue weighted by Gasteiger charge is -2.14. The molecule has 1 amide bonds. The van der Waals surface area contributed by atoms with Crippen molar-refractivity contribution in [3.8, 4) is 0 Å². The Morgan fingerprint density at radius 2 is 2.05 bits per heavy atom. The minimum atomic E-state index is -3.64. The first-order valence-corrected chi connectivity index (χ1v) is 8.31. The maximum Gasteiger partial charge on any atom is 0.244 e. The van der Waals surface area contributed by atoms with Gasteiger partial charge >= 0.3 is 0 Å². The molecule has 0 heterocycles. The molecule has 5 nitrogen and oxygen atoms in total. The third kappa shape index (κ3) is 4.17. The van der Waals surface area contributed by atoms with Gasteiger partial charge in [0.15, 0.2) is 0 Å². The highest BCUT2D eigenvalue weighted by atomic mass is 79.9. The quantitative estimate of drug-likeness (QED) is 0.810. The Morgan fingerprint density at radius 1 is 1.42 bits per heavy atom. The van der Waals surface area contributed by atoms with Crippen LogP contribution in [0.15, 0.2) is 23.1 Å². The van der Waals surface area contributed by atoms with Gasteiger partial charge in [0.2, 0.25) is 15.9 Å². The Morgan fingerprint density at radius 3 is 2.58 bits per heavy atom. The Balaban J connectivity index is 3.12. The van der Waals surface area contributed by atoms with Crippen LogP contribution in [-0.4, -0.2) is 38.1 Å². The van der Waals surface area contributed by atoms with Crippen molar-refractivity contribution >= 4 is 49.1 Å². The normalized spacial score (nSPS) is 11.6. The fourth-order valence-corrected chi connectivity index (χ4v) is 3.04. The molecular formula is C11H14BrClN2O3S. The number of amides is 1. The molecule has 0 aliphatic heterocycles. The minimum Gasteiger partial charge on any atom is -0.326 e. The van der Waals surface area contributed by atoms with Crippen LogP contribution in [0.4, 0.5) is 5.69 Å². The van der Waals surface area contributed by atoms with Crippen LogP contribution in [0.25, 0.3) is 0 Å². The summed E-state index contributed by atoms with van der Waals surface area (Å²) in [7, 11) is -0.801. The van der Waals surface area contributed by atoms with E-state index < -0.39 is 10.0 Å². The number of benzene rings is 1. The lowest BCUT2D eigenvalue weighted by Crippen LogP contribution is -2.23. The molecule has 1 rings (SSSR count). The van der Waals surface area contributed by atoms with E-state index in [1.165, 1.54) is 26.2 Å². The summed E-state index contributed by atoms with van der Waals surface area (Å²) in [5, 5.41) is 3.27. The van der Waals surface area contributed by atoms with E-state index in [2.05, 4.69) is 21.2 Å². The SMILES string of the molecule is CN(C)S(=O)(=O)c1cc(NC(=O)CCBr)ccc1Cl. The number of nitrogens with zero attached hydrogens (tertiary/aromatic N) is 1. The Bertz CT molecular complexity index is 575. The molecule has 0 saturated heterocycles. The molecule has 0 unspecified atom stereocenters. The van der Waals surface area contributed by atoms with E-state index in [0.29, 0.717) is 17.4 Å². The number of carbonyl (C=O) groups excluding carboxylic acids is 1. The first-order chi connectivity index (χ1) is 8.78. The van der Waals surface area contributed by atoms with Crippen LogP contribution in [-0.2, 0) is 14.8 Å². The fraction of sp³-hybridized carbons (Fsp3) is 0.364. The van der Waals surface area contributed by atoms with Crippen molar-refractivity contribution in [1.29, 1.82) is 0 Å². The summed E-state index contributed by atoms with van der Waals surface area (Å²) in [5.74, 6) is -0.201. The second-order valence-electron chi connectivity index (χ2n) is 3.92. The molecule has 0 radical (unpaired) electrons. The van der Waals surface area contributed by atoms with Crippen molar-refractivity contribution in [2.45, 2.75) is 11.3 Å². The topological polar surface area (TPSA) is 66.5 Å². The van der Waals surface area contributed by atoms with Gasteiger partial charge in [-0.15, -0.1) is 0 Å². The average molecular weight is 370 g/mol. The third-order valence-corrected chi connectivity index (χ3v) is 4.99. The van der Waals surface area contributed by atoms with Gasteiger partial charge < -0.3 is 5.32 Å². The summed E-state index contributed by atoms with van der Waals surface area (Å²) >= 11 is 9.05. The molecule has 0 spiro atoms. The first-order valence-electron chi connectivity index (χ1n) is 5.37. The summed E-state index contributed by atoms with van der Waals surface area (Å²) in [6.45, 7) is 0. The molecule has 1 aromatic rings. The molecule has 0 aliphatic carbocycles. The van der Waals surface area contributed by atoms with E-state index in [-0.39, 0.29) is 15.8 Å². The molecule has 0 bridgehead atoms. The smallest absolute Gasteiger partial charge is 0.244 e. The predicted molar refractivity (Wildman–Crippen MR) is 79.4 cm³/mol. The number of rotatable bonds is 5. The van der Waals surface area contributed by atoms with Crippen LogP contribution in [0.2, 0.25) is 5.02 Å². The molecule has 0 atom stereocenters. The summed E-state index contributed by atoms with van der Waals surface area (Å²) in [5.41, 5.74) is 0.399. The molecule has 8 heteroatoms. The van der Waals surface area contributed by atoms with Crippen molar-refractivity contribution in [2.24, 2.45) is 0 Å². The second-order valence-corrected chi connectivity index (χ2v) is 7.24. The Hall–Kier alpha value is -0.630. The number of sulfonamides is 1. The molecule has 0 fully saturated rings. The van der Waals surface area contributed by atoms with Crippen LogP contribution in [0.5, 0.6) is 0 Å². The molecule has 106 valence electrons. The number of hydrogen-bond donors (Lipinski definition) is 1. The van der Waals surface area contributed by atoms with Gasteiger partial charge in [-0.05, 0) is 18.2 Å². The van der Waals surface area contributed by atoms with Gasteiger partial charge in [-0.1, -0.05) is 27.5 Å². The summed E-state index contributed by atoms with van der Waals surface area (Å²) in [6, 6.07) is 4.36. The summed E-state index contributed by atoms with van der Waals surface area (Å²) in [4.78, 5) is 11.4. The highest BCUT2D eigenvalue weighted by Crippen LogP contribution is 2.26. The van der Waals surface area contributed by atoms with Crippen molar-refractivity contribution in [3.63, 3.8) is 0 Å². The molecular weight excluding hydrogens is 356 g/mol. The van der Waals surface area contributed by atoms with E-state index in [9.17, 15) is 13.2 Å². The monoisotopic (exact) mass is 368 g/mol. The van der Waals surface area contributed by atoms with E-state index in [4.69, 9.17) is 11.6 Å². The minimum absolute atomic E-state index is 0.0317. The van der Waals surface area contributed by atoms with Crippen molar-refractivity contribution in [2.75, 3.05) is 24.7 Å². The third-order valence-electron chi connectivity index (χ3n) is 2.30. The van der Waals surface area contributed by atoms with Gasteiger partial charge in [-0.3, -0.25) is 4.79 Å². The number of alkyl halides is 1. The van der Waals surface area contributed by atoms with E-state index in [1.54, 1.807) is 6.07 Å². The second kappa shape index (κ2) is 6.69. The van der Waals surface area contributed by atoms with Crippen LogP contribution >= 0.6 is 27.5 Å². The van der Waals surface area contributed by atoms with Crippen molar-refractivity contribution < 1.29 is 13.2 Å². The molecule has 1 N–H and O–H groups in total. The van der Waals surface area contributed by atoms with Gasteiger partial charge in [-0.25, -0.2) is 12.7 Å². The Labute approximate surface area is 126 Å². The van der Waals surface area contributed by atoms with Gasteiger partial charge in [0.05, 0.1) is 5.02 Å². The lowest BCUT2D eigenvalue weighted by molar-refractivity contribution is -0.115. The molecule has 0 aliphatic rings. The molecule has 0 saturated carbocycles. The zero-order valence-electron chi connectivity index (χ0n) is 10.5. The average Bonchev–Trinajstić information content (AvgIpc) is 2.31. The van der Waals surface area contributed by atoms with Crippen molar-refractivity contribution in [1.82, 2.24) is 4.31 Å². The van der Waals surface area contributed by atoms with E-state index >= 15 is 0 Å². The van der Waals surface area contributed by atoms with E-state index in [0.717, 1.165) is 4.31 Å². The Kier molecular flexibility index (Phi) is 5.79. The first kappa shape index (κ1) is 16.4. The number of anilines is 1. The predicted octanol–water partition coefficient (Wildman–Crippen LogP) is 2.31. The van der Waals surface area contributed by atoms with E-state index in [1.807, 2.05) is 0 Å². The summed E-state index contributed by atoms with van der Waals surface area (Å²) < 4.78 is 25.1. The van der Waals surface area contributed by atoms with Crippen LogP contribution < -0.4 is 5.32 Å². The van der Waals surface area contributed by atoms with Crippen LogP contribution in [0.1, 0.15) is 6.42 Å². The van der Waals surface area contributed by atoms with Gasteiger partial charge in [0.1, 0.15) is 4.90 Å². The number of carbonyl (C=O) groups is 1. The maximum atomic E-state index is 12.0. The lowest BCUT2D eigenvalue weighted by atomic mass is 10.3. The zero-order chi connectivity index (χ0) is 14.6. The molecule has 1 aromatic carbocycles. The largest absolute Gasteiger partial charge is 0.326 e. The molecule has 19 heavy (non-hydrogen) atoms.